The topological polar surface area (TPSA) is 67.2 Å². The summed E-state index contributed by atoms with van der Waals surface area (Å²) < 4.78 is 1.93. The van der Waals surface area contributed by atoms with Gasteiger partial charge in [0.25, 0.3) is 5.91 Å². The number of carbonyl (C=O) groups excluding carboxylic acids is 1. The molecule has 2 aromatic carbocycles. The number of rotatable bonds is 3. The molecule has 1 aliphatic rings. The van der Waals surface area contributed by atoms with E-state index in [0.717, 1.165) is 65.4 Å². The maximum atomic E-state index is 13.0. The van der Waals surface area contributed by atoms with Gasteiger partial charge in [-0.15, -0.1) is 0 Å². The number of anilines is 1. The molecule has 3 heterocycles. The molecule has 0 aliphatic carbocycles. The van der Waals surface area contributed by atoms with E-state index in [0.29, 0.717) is 12.4 Å². The van der Waals surface area contributed by atoms with Gasteiger partial charge in [-0.1, -0.05) is 36.4 Å². The molecule has 0 unspecified atom stereocenters. The molecule has 1 amide bonds. The number of aromatic nitrogens is 4. The van der Waals surface area contributed by atoms with E-state index in [1.807, 2.05) is 65.9 Å². The Hall–Kier alpha value is -3.74. The van der Waals surface area contributed by atoms with Crippen LogP contribution in [-0.4, -0.2) is 56.7 Å². The maximum absolute atomic E-state index is 13.0. The molecule has 7 heteroatoms. The number of amides is 1. The second-order valence-corrected chi connectivity index (χ2v) is 8.58. The van der Waals surface area contributed by atoms with Gasteiger partial charge in [0.05, 0.1) is 16.8 Å². The molecule has 0 bridgehead atoms. The van der Waals surface area contributed by atoms with E-state index < -0.39 is 0 Å². The summed E-state index contributed by atoms with van der Waals surface area (Å²) in [5, 5.41) is 5.83. The summed E-state index contributed by atoms with van der Waals surface area (Å²) in [5.74, 6) is 1.71. The van der Waals surface area contributed by atoms with Crippen LogP contribution in [0, 0.1) is 20.8 Å². The predicted molar refractivity (Wildman–Crippen MR) is 130 cm³/mol. The third-order valence-electron chi connectivity index (χ3n) is 6.24. The molecule has 0 spiro atoms. The van der Waals surface area contributed by atoms with E-state index in [-0.39, 0.29) is 5.91 Å². The average molecular weight is 441 g/mol. The lowest BCUT2D eigenvalue weighted by Gasteiger charge is -2.24. The fraction of sp³-hybridized carbons (Fsp3) is 0.308. The maximum Gasteiger partial charge on any atom is 0.253 e. The van der Waals surface area contributed by atoms with Gasteiger partial charge in [0, 0.05) is 31.7 Å². The van der Waals surface area contributed by atoms with Crippen molar-refractivity contribution in [2.24, 2.45) is 0 Å². The standard InChI is InChI=1S/C26H28N6O/c1-18-10-7-8-13-22(18)32-25-23(19(2)29-32)24(27-20(3)28-25)30-14-9-15-31(17-16-30)26(33)21-11-5-4-6-12-21/h4-8,10-13H,9,14-17H2,1-3H3. The Morgan fingerprint density at radius 3 is 2.39 bits per heavy atom. The summed E-state index contributed by atoms with van der Waals surface area (Å²) in [7, 11) is 0. The number of hydrogen-bond donors (Lipinski definition) is 0. The minimum absolute atomic E-state index is 0.0880. The van der Waals surface area contributed by atoms with Gasteiger partial charge in [0.1, 0.15) is 11.6 Å². The van der Waals surface area contributed by atoms with Crippen LogP contribution in [0.2, 0.25) is 0 Å². The van der Waals surface area contributed by atoms with Crippen molar-refractivity contribution in [1.82, 2.24) is 24.6 Å². The quantitative estimate of drug-likeness (QED) is 0.480. The van der Waals surface area contributed by atoms with E-state index in [1.165, 1.54) is 0 Å². The van der Waals surface area contributed by atoms with E-state index in [2.05, 4.69) is 24.0 Å². The number of nitrogens with zero attached hydrogens (tertiary/aromatic N) is 6. The second-order valence-electron chi connectivity index (χ2n) is 8.58. The lowest BCUT2D eigenvalue weighted by Crippen LogP contribution is -2.35. The molecule has 33 heavy (non-hydrogen) atoms. The first-order valence-corrected chi connectivity index (χ1v) is 11.4. The minimum atomic E-state index is 0.0880. The van der Waals surface area contributed by atoms with Gasteiger partial charge >= 0.3 is 0 Å². The van der Waals surface area contributed by atoms with Crippen molar-refractivity contribution < 1.29 is 4.79 Å². The first kappa shape index (κ1) is 21.1. The van der Waals surface area contributed by atoms with Gasteiger partial charge < -0.3 is 9.80 Å². The van der Waals surface area contributed by atoms with Crippen molar-refractivity contribution in [3.8, 4) is 5.69 Å². The number of carbonyl (C=O) groups is 1. The number of para-hydroxylation sites is 1. The Morgan fingerprint density at radius 2 is 1.61 bits per heavy atom. The molecular weight excluding hydrogens is 412 g/mol. The van der Waals surface area contributed by atoms with Gasteiger partial charge in [-0.2, -0.15) is 5.10 Å². The lowest BCUT2D eigenvalue weighted by molar-refractivity contribution is 0.0767. The van der Waals surface area contributed by atoms with Crippen molar-refractivity contribution in [3.63, 3.8) is 0 Å². The molecule has 1 fully saturated rings. The molecule has 7 nitrogen and oxygen atoms in total. The number of hydrogen-bond acceptors (Lipinski definition) is 5. The number of aryl methyl sites for hydroxylation is 3. The molecule has 0 atom stereocenters. The fourth-order valence-electron chi connectivity index (χ4n) is 4.56. The van der Waals surface area contributed by atoms with E-state index >= 15 is 0 Å². The molecule has 1 saturated heterocycles. The van der Waals surface area contributed by atoms with Gasteiger partial charge in [-0.05, 0) is 51.0 Å². The van der Waals surface area contributed by atoms with E-state index in [9.17, 15) is 4.79 Å². The number of fused-ring (bicyclic) bond motifs is 1. The molecule has 2 aromatic heterocycles. The highest BCUT2D eigenvalue weighted by Crippen LogP contribution is 2.30. The minimum Gasteiger partial charge on any atom is -0.354 e. The van der Waals surface area contributed by atoms with Crippen LogP contribution in [0.3, 0.4) is 0 Å². The Bertz CT molecular complexity index is 1310. The van der Waals surface area contributed by atoms with Crippen molar-refractivity contribution in [1.29, 1.82) is 0 Å². The predicted octanol–water partition coefficient (Wildman–Crippen LogP) is 4.09. The summed E-state index contributed by atoms with van der Waals surface area (Å²) in [6.45, 7) is 8.97. The average Bonchev–Trinajstić information content (AvgIpc) is 2.99. The highest BCUT2D eigenvalue weighted by molar-refractivity contribution is 5.94. The third-order valence-corrected chi connectivity index (χ3v) is 6.24. The van der Waals surface area contributed by atoms with Crippen LogP contribution in [0.15, 0.2) is 54.6 Å². The zero-order valence-corrected chi connectivity index (χ0v) is 19.3. The molecule has 0 saturated carbocycles. The van der Waals surface area contributed by atoms with Crippen LogP contribution in [0.1, 0.15) is 33.9 Å². The van der Waals surface area contributed by atoms with E-state index in [4.69, 9.17) is 15.1 Å². The summed E-state index contributed by atoms with van der Waals surface area (Å²) in [6.07, 6.45) is 0.883. The second kappa shape index (κ2) is 8.65. The zero-order chi connectivity index (χ0) is 22.9. The van der Waals surface area contributed by atoms with Crippen molar-refractivity contribution in [2.45, 2.75) is 27.2 Å². The van der Waals surface area contributed by atoms with Crippen molar-refractivity contribution in [2.75, 3.05) is 31.1 Å². The molecule has 1 aliphatic heterocycles. The molecule has 168 valence electrons. The van der Waals surface area contributed by atoms with Crippen LogP contribution in [0.4, 0.5) is 5.82 Å². The Labute approximate surface area is 193 Å². The fourth-order valence-corrected chi connectivity index (χ4v) is 4.56. The first-order valence-electron chi connectivity index (χ1n) is 11.4. The van der Waals surface area contributed by atoms with Crippen molar-refractivity contribution in [3.05, 3.63) is 77.2 Å². The largest absolute Gasteiger partial charge is 0.354 e. The van der Waals surface area contributed by atoms with Gasteiger partial charge in [0.2, 0.25) is 0 Å². The third kappa shape index (κ3) is 3.95. The van der Waals surface area contributed by atoms with Gasteiger partial charge in [-0.3, -0.25) is 4.79 Å². The zero-order valence-electron chi connectivity index (χ0n) is 19.3. The SMILES string of the molecule is Cc1nc(N2CCCN(C(=O)c3ccccc3)CC2)c2c(C)nn(-c3ccccc3C)c2n1. The molecule has 4 aromatic rings. The van der Waals surface area contributed by atoms with Crippen LogP contribution in [0.5, 0.6) is 0 Å². The summed E-state index contributed by atoms with van der Waals surface area (Å²) in [4.78, 5) is 26.8. The monoisotopic (exact) mass is 440 g/mol. The van der Waals surface area contributed by atoms with Gasteiger partial charge in [0.15, 0.2) is 5.65 Å². The smallest absolute Gasteiger partial charge is 0.253 e. The van der Waals surface area contributed by atoms with Crippen LogP contribution >= 0.6 is 0 Å². The van der Waals surface area contributed by atoms with E-state index in [1.54, 1.807) is 0 Å². The first-order chi connectivity index (χ1) is 16.0. The summed E-state index contributed by atoms with van der Waals surface area (Å²) >= 11 is 0. The van der Waals surface area contributed by atoms with Crippen LogP contribution in [-0.2, 0) is 0 Å². The number of benzene rings is 2. The lowest BCUT2D eigenvalue weighted by atomic mass is 10.2. The van der Waals surface area contributed by atoms with Gasteiger partial charge in [-0.25, -0.2) is 14.6 Å². The Kier molecular flexibility index (Phi) is 5.54. The summed E-state index contributed by atoms with van der Waals surface area (Å²) in [6, 6.07) is 17.7. The normalized spacial score (nSPS) is 14.5. The molecule has 0 radical (unpaired) electrons. The van der Waals surface area contributed by atoms with Crippen LogP contribution < -0.4 is 4.90 Å². The highest BCUT2D eigenvalue weighted by atomic mass is 16.2. The molecular formula is C26H28N6O. The van der Waals surface area contributed by atoms with Crippen LogP contribution in [0.25, 0.3) is 16.7 Å². The molecule has 5 rings (SSSR count). The van der Waals surface area contributed by atoms with Crippen molar-refractivity contribution >= 4 is 22.8 Å². The Morgan fingerprint density at radius 1 is 0.848 bits per heavy atom. The Balaban J connectivity index is 1.49. The molecule has 0 N–H and O–H groups in total. The summed E-state index contributed by atoms with van der Waals surface area (Å²) in [5.41, 5.74) is 4.64. The highest BCUT2D eigenvalue weighted by Gasteiger charge is 2.25.